The van der Waals surface area contributed by atoms with Crippen LogP contribution in [0, 0.1) is 17.6 Å². The number of hydrogen-bond donors (Lipinski definition) is 1. The Hall–Kier alpha value is -0.570. The Bertz CT molecular complexity index is 320. The summed E-state index contributed by atoms with van der Waals surface area (Å²) in [5.74, 6) is 0.881. The number of aromatic amines is 1. The molecule has 0 saturated heterocycles. The summed E-state index contributed by atoms with van der Waals surface area (Å²) < 4.78 is 3.04. The van der Waals surface area contributed by atoms with E-state index >= 15 is 0 Å². The largest absolute Gasteiger partial charge is 0.335 e. The highest BCUT2D eigenvalue weighted by Crippen LogP contribution is 2.27. The topological polar surface area (TPSA) is 20.7 Å². The number of aromatic nitrogens is 2. The van der Waals surface area contributed by atoms with Crippen LogP contribution in [0.2, 0.25) is 0 Å². The Balaban J connectivity index is 2.11. The molecule has 2 rings (SSSR count). The van der Waals surface area contributed by atoms with Gasteiger partial charge in [0.25, 0.3) is 0 Å². The summed E-state index contributed by atoms with van der Waals surface area (Å²) >= 11 is 5.17. The van der Waals surface area contributed by atoms with Gasteiger partial charge >= 0.3 is 0 Å². The van der Waals surface area contributed by atoms with Crippen molar-refractivity contribution in [3.63, 3.8) is 0 Å². The molecule has 3 heteroatoms. The average Bonchev–Trinajstić information content (AvgIpc) is 2.21. The summed E-state index contributed by atoms with van der Waals surface area (Å²) in [6.07, 6.45) is 6.28. The van der Waals surface area contributed by atoms with Gasteiger partial charge < -0.3 is 9.55 Å². The molecule has 1 heterocycles. The van der Waals surface area contributed by atoms with Gasteiger partial charge in [-0.3, -0.25) is 0 Å². The van der Waals surface area contributed by atoms with Crippen LogP contribution < -0.4 is 0 Å². The summed E-state index contributed by atoms with van der Waals surface area (Å²) in [7, 11) is 0. The molecule has 2 nitrogen and oxygen atoms in total. The standard InChI is InChI=1S/C9H14N2S/c1-7-5-11(9(12)10-7)6-8-3-2-4-8/h5,8H,2-4,6H2,1H3,(H,10,12). The predicted molar refractivity (Wildman–Crippen MR) is 51.7 cm³/mol. The van der Waals surface area contributed by atoms with Crippen LogP contribution in [0.4, 0.5) is 0 Å². The van der Waals surface area contributed by atoms with Gasteiger partial charge in [-0.15, -0.1) is 0 Å². The summed E-state index contributed by atoms with van der Waals surface area (Å²) in [4.78, 5) is 3.14. The van der Waals surface area contributed by atoms with Crippen LogP contribution >= 0.6 is 12.2 Å². The highest BCUT2D eigenvalue weighted by Gasteiger charge is 2.17. The van der Waals surface area contributed by atoms with Gasteiger partial charge in [-0.2, -0.15) is 0 Å². The average molecular weight is 182 g/mol. The molecule has 0 aliphatic heterocycles. The van der Waals surface area contributed by atoms with E-state index in [1.54, 1.807) is 0 Å². The first-order chi connectivity index (χ1) is 5.75. The Morgan fingerprint density at radius 1 is 1.67 bits per heavy atom. The van der Waals surface area contributed by atoms with Crippen LogP contribution in [0.1, 0.15) is 25.0 Å². The van der Waals surface area contributed by atoms with Gasteiger partial charge in [-0.05, 0) is 37.9 Å². The van der Waals surface area contributed by atoms with Crippen LogP contribution in [-0.2, 0) is 6.54 Å². The van der Waals surface area contributed by atoms with E-state index in [0.29, 0.717) is 0 Å². The molecule has 1 aromatic heterocycles. The van der Waals surface area contributed by atoms with Crippen molar-refractivity contribution in [3.05, 3.63) is 16.7 Å². The third-order valence-electron chi connectivity index (χ3n) is 2.59. The summed E-state index contributed by atoms with van der Waals surface area (Å²) in [5, 5.41) is 0. The fraction of sp³-hybridized carbons (Fsp3) is 0.667. The minimum Gasteiger partial charge on any atom is -0.335 e. The van der Waals surface area contributed by atoms with E-state index in [9.17, 15) is 0 Å². The Morgan fingerprint density at radius 2 is 2.42 bits per heavy atom. The van der Waals surface area contributed by atoms with Crippen molar-refractivity contribution in [3.8, 4) is 0 Å². The zero-order chi connectivity index (χ0) is 8.55. The van der Waals surface area contributed by atoms with Gasteiger partial charge in [0, 0.05) is 18.4 Å². The Labute approximate surface area is 77.6 Å². The predicted octanol–water partition coefficient (Wildman–Crippen LogP) is 2.65. The second-order valence-electron chi connectivity index (χ2n) is 3.69. The number of imidazole rings is 1. The molecule has 1 aliphatic rings. The first-order valence-corrected chi connectivity index (χ1v) is 4.92. The molecule has 1 aromatic rings. The number of nitrogens with one attached hydrogen (secondary N) is 1. The lowest BCUT2D eigenvalue weighted by Gasteiger charge is -2.25. The zero-order valence-corrected chi connectivity index (χ0v) is 8.16. The maximum absolute atomic E-state index is 5.17. The van der Waals surface area contributed by atoms with Gasteiger partial charge in [-0.1, -0.05) is 6.42 Å². The van der Waals surface area contributed by atoms with E-state index in [1.165, 1.54) is 25.0 Å². The monoisotopic (exact) mass is 182 g/mol. The number of hydrogen-bond acceptors (Lipinski definition) is 1. The van der Waals surface area contributed by atoms with Crippen molar-refractivity contribution >= 4 is 12.2 Å². The molecule has 0 spiro atoms. The van der Waals surface area contributed by atoms with E-state index in [0.717, 1.165) is 17.2 Å². The number of nitrogens with zero attached hydrogens (tertiary/aromatic N) is 1. The lowest BCUT2D eigenvalue weighted by atomic mass is 9.85. The van der Waals surface area contributed by atoms with Crippen molar-refractivity contribution < 1.29 is 0 Å². The fourth-order valence-corrected chi connectivity index (χ4v) is 1.94. The van der Waals surface area contributed by atoms with E-state index in [1.807, 2.05) is 6.92 Å². The first kappa shape index (κ1) is 8.05. The van der Waals surface area contributed by atoms with Gasteiger partial charge in [0.2, 0.25) is 0 Å². The molecule has 1 saturated carbocycles. The van der Waals surface area contributed by atoms with Crippen molar-refractivity contribution in [1.29, 1.82) is 0 Å². The maximum Gasteiger partial charge on any atom is 0.177 e. The Morgan fingerprint density at radius 3 is 2.83 bits per heavy atom. The van der Waals surface area contributed by atoms with Gasteiger partial charge in [-0.25, -0.2) is 0 Å². The lowest BCUT2D eigenvalue weighted by molar-refractivity contribution is 0.275. The molecular weight excluding hydrogens is 168 g/mol. The molecule has 0 amide bonds. The SMILES string of the molecule is Cc1cn(CC2CCC2)c(=S)[nH]1. The maximum atomic E-state index is 5.17. The molecular formula is C9H14N2S. The zero-order valence-electron chi connectivity index (χ0n) is 7.34. The van der Waals surface area contributed by atoms with Crippen LogP contribution in [0.5, 0.6) is 0 Å². The van der Waals surface area contributed by atoms with Crippen LogP contribution in [0.3, 0.4) is 0 Å². The van der Waals surface area contributed by atoms with E-state index in [-0.39, 0.29) is 0 Å². The smallest absolute Gasteiger partial charge is 0.177 e. The lowest BCUT2D eigenvalue weighted by Crippen LogP contribution is -2.17. The molecule has 0 atom stereocenters. The Kier molecular flexibility index (Phi) is 2.05. The first-order valence-electron chi connectivity index (χ1n) is 4.52. The second kappa shape index (κ2) is 3.05. The summed E-state index contributed by atoms with van der Waals surface area (Å²) in [6, 6.07) is 0. The molecule has 12 heavy (non-hydrogen) atoms. The van der Waals surface area contributed by atoms with Gasteiger partial charge in [0.1, 0.15) is 0 Å². The highest BCUT2D eigenvalue weighted by atomic mass is 32.1. The third-order valence-corrected chi connectivity index (χ3v) is 2.93. The normalized spacial score (nSPS) is 17.8. The summed E-state index contributed by atoms with van der Waals surface area (Å²) in [5.41, 5.74) is 1.17. The molecule has 0 unspecified atom stereocenters. The van der Waals surface area contributed by atoms with E-state index < -0.39 is 0 Å². The second-order valence-corrected chi connectivity index (χ2v) is 4.08. The molecule has 1 aliphatic carbocycles. The number of rotatable bonds is 2. The van der Waals surface area contributed by atoms with Crippen LogP contribution in [-0.4, -0.2) is 9.55 Å². The minimum atomic E-state index is 0.874. The highest BCUT2D eigenvalue weighted by molar-refractivity contribution is 7.71. The van der Waals surface area contributed by atoms with Crippen molar-refractivity contribution in [1.82, 2.24) is 9.55 Å². The molecule has 0 radical (unpaired) electrons. The van der Waals surface area contributed by atoms with Crippen LogP contribution in [0.25, 0.3) is 0 Å². The van der Waals surface area contributed by atoms with Gasteiger partial charge in [0.15, 0.2) is 4.77 Å². The van der Waals surface area contributed by atoms with Crippen LogP contribution in [0.15, 0.2) is 6.20 Å². The van der Waals surface area contributed by atoms with Crippen molar-refractivity contribution in [2.45, 2.75) is 32.7 Å². The number of aryl methyl sites for hydroxylation is 1. The molecule has 1 fully saturated rings. The molecule has 0 aromatic carbocycles. The van der Waals surface area contributed by atoms with Crippen molar-refractivity contribution in [2.24, 2.45) is 5.92 Å². The quantitative estimate of drug-likeness (QED) is 0.697. The van der Waals surface area contributed by atoms with Gasteiger partial charge in [0.05, 0.1) is 0 Å². The van der Waals surface area contributed by atoms with Crippen molar-refractivity contribution in [2.75, 3.05) is 0 Å². The summed E-state index contributed by atoms with van der Waals surface area (Å²) in [6.45, 7) is 3.16. The molecule has 1 N–H and O–H groups in total. The van der Waals surface area contributed by atoms with E-state index in [2.05, 4.69) is 15.7 Å². The minimum absolute atomic E-state index is 0.874. The number of H-pyrrole nitrogens is 1. The fourth-order valence-electron chi connectivity index (χ4n) is 1.65. The molecule has 0 bridgehead atoms. The van der Waals surface area contributed by atoms with E-state index in [4.69, 9.17) is 12.2 Å². The molecule has 66 valence electrons. The third kappa shape index (κ3) is 1.46.